The van der Waals surface area contributed by atoms with Gasteiger partial charge in [0.1, 0.15) is 5.60 Å². The van der Waals surface area contributed by atoms with Crippen molar-refractivity contribution in [1.82, 2.24) is 5.32 Å². The molecule has 0 saturated heterocycles. The molecule has 3 heteroatoms. The minimum absolute atomic E-state index is 0.117. The molecule has 1 unspecified atom stereocenters. The van der Waals surface area contributed by atoms with Crippen LogP contribution in [0.15, 0.2) is 0 Å². The quantitative estimate of drug-likeness (QED) is 0.733. The van der Waals surface area contributed by atoms with Crippen molar-refractivity contribution >= 4 is 5.97 Å². The van der Waals surface area contributed by atoms with Gasteiger partial charge in [-0.25, -0.2) is 0 Å². The summed E-state index contributed by atoms with van der Waals surface area (Å²) in [6.07, 6.45) is 3.05. The molecule has 0 spiro atoms. The first-order chi connectivity index (χ1) is 7.23. The fourth-order valence-corrected chi connectivity index (χ4v) is 1.66. The second kappa shape index (κ2) is 4.74. The van der Waals surface area contributed by atoms with Gasteiger partial charge in [-0.1, -0.05) is 6.92 Å². The highest BCUT2D eigenvalue weighted by Gasteiger charge is 2.42. The second-order valence-corrected chi connectivity index (χ2v) is 6.17. The highest BCUT2D eigenvalue weighted by Crippen LogP contribution is 2.47. The Morgan fingerprint density at radius 1 is 1.44 bits per heavy atom. The summed E-state index contributed by atoms with van der Waals surface area (Å²) in [5.74, 6) is -0.117. The monoisotopic (exact) mass is 227 g/mol. The first kappa shape index (κ1) is 13.5. The molecule has 1 N–H and O–H groups in total. The van der Waals surface area contributed by atoms with Crippen LogP contribution in [0.5, 0.6) is 0 Å². The summed E-state index contributed by atoms with van der Waals surface area (Å²) < 4.78 is 5.24. The Hall–Kier alpha value is -0.570. The predicted octanol–water partition coefficient (Wildman–Crippen LogP) is 2.50. The van der Waals surface area contributed by atoms with Crippen molar-refractivity contribution in [3.63, 3.8) is 0 Å². The van der Waals surface area contributed by atoms with Gasteiger partial charge in [0, 0.05) is 12.6 Å². The molecule has 16 heavy (non-hydrogen) atoms. The zero-order valence-corrected chi connectivity index (χ0v) is 11.2. The largest absolute Gasteiger partial charge is 0.460 e. The molecule has 0 aromatic rings. The molecule has 1 saturated carbocycles. The maximum Gasteiger partial charge on any atom is 0.307 e. The first-order valence-corrected chi connectivity index (χ1v) is 6.18. The molecule has 1 fully saturated rings. The lowest BCUT2D eigenvalue weighted by Crippen LogP contribution is -2.35. The van der Waals surface area contributed by atoms with Gasteiger partial charge in [0.25, 0.3) is 0 Å². The van der Waals surface area contributed by atoms with E-state index in [9.17, 15) is 4.79 Å². The smallest absolute Gasteiger partial charge is 0.307 e. The van der Waals surface area contributed by atoms with Crippen LogP contribution in [0.3, 0.4) is 0 Å². The van der Waals surface area contributed by atoms with Gasteiger partial charge in [0.15, 0.2) is 0 Å². The Kier molecular flexibility index (Phi) is 4.00. The van der Waals surface area contributed by atoms with E-state index in [0.717, 1.165) is 0 Å². The normalized spacial score (nSPS) is 20.3. The fraction of sp³-hybridized carbons (Fsp3) is 0.923. The number of esters is 1. The SMILES string of the molecule is CC(NCCC(=O)OC(C)(C)C)C1(C)CC1. The third kappa shape index (κ3) is 4.52. The second-order valence-electron chi connectivity index (χ2n) is 6.17. The van der Waals surface area contributed by atoms with Crippen molar-refractivity contribution in [3.8, 4) is 0 Å². The molecule has 0 radical (unpaired) electrons. The molecule has 0 aromatic heterocycles. The minimum Gasteiger partial charge on any atom is -0.460 e. The molecule has 0 heterocycles. The van der Waals surface area contributed by atoms with Gasteiger partial charge in [-0.3, -0.25) is 4.79 Å². The van der Waals surface area contributed by atoms with Crippen LogP contribution < -0.4 is 5.32 Å². The molecule has 94 valence electrons. The molecule has 1 aliphatic carbocycles. The average Bonchev–Trinajstić information content (AvgIpc) is 2.81. The molecular weight excluding hydrogens is 202 g/mol. The van der Waals surface area contributed by atoms with E-state index in [1.165, 1.54) is 12.8 Å². The summed E-state index contributed by atoms with van der Waals surface area (Å²) in [7, 11) is 0. The molecule has 1 rings (SSSR count). The molecular formula is C13H25NO2. The number of carbonyl (C=O) groups excluding carboxylic acids is 1. The van der Waals surface area contributed by atoms with E-state index >= 15 is 0 Å². The van der Waals surface area contributed by atoms with Crippen LogP contribution in [0.4, 0.5) is 0 Å². The summed E-state index contributed by atoms with van der Waals surface area (Å²) >= 11 is 0. The highest BCUT2D eigenvalue weighted by atomic mass is 16.6. The van der Waals surface area contributed by atoms with E-state index in [2.05, 4.69) is 19.2 Å². The van der Waals surface area contributed by atoms with Gasteiger partial charge in [-0.05, 0) is 46.0 Å². The summed E-state index contributed by atoms with van der Waals surface area (Å²) in [5, 5.41) is 3.40. The lowest BCUT2D eigenvalue weighted by atomic mass is 10.0. The van der Waals surface area contributed by atoms with Gasteiger partial charge in [-0.2, -0.15) is 0 Å². The number of carbonyl (C=O) groups is 1. The number of hydrogen-bond donors (Lipinski definition) is 1. The molecule has 0 amide bonds. The van der Waals surface area contributed by atoms with Crippen molar-refractivity contribution in [3.05, 3.63) is 0 Å². The van der Waals surface area contributed by atoms with Crippen LogP contribution in [0, 0.1) is 5.41 Å². The van der Waals surface area contributed by atoms with E-state index in [1.54, 1.807) is 0 Å². The molecule has 0 aliphatic heterocycles. The van der Waals surface area contributed by atoms with Crippen LogP contribution in [0.1, 0.15) is 53.9 Å². The van der Waals surface area contributed by atoms with Crippen molar-refractivity contribution in [2.75, 3.05) is 6.54 Å². The number of rotatable bonds is 5. The molecule has 3 nitrogen and oxygen atoms in total. The van der Waals surface area contributed by atoms with Gasteiger partial charge in [0.05, 0.1) is 6.42 Å². The Balaban J connectivity index is 2.13. The van der Waals surface area contributed by atoms with E-state index < -0.39 is 0 Å². The van der Waals surface area contributed by atoms with Gasteiger partial charge >= 0.3 is 5.97 Å². The minimum atomic E-state index is -0.370. The van der Waals surface area contributed by atoms with Crippen molar-refractivity contribution in [1.29, 1.82) is 0 Å². The standard InChI is InChI=1S/C13H25NO2/c1-10(13(5)7-8-13)14-9-6-11(15)16-12(2,3)4/h10,14H,6-9H2,1-5H3. The van der Waals surface area contributed by atoms with Crippen LogP contribution in [0.25, 0.3) is 0 Å². The summed E-state index contributed by atoms with van der Waals surface area (Å²) in [6.45, 7) is 10.9. The molecule has 0 aromatic carbocycles. The number of nitrogens with one attached hydrogen (secondary N) is 1. The van der Waals surface area contributed by atoms with E-state index in [4.69, 9.17) is 4.74 Å². The van der Waals surface area contributed by atoms with Gasteiger partial charge in [0.2, 0.25) is 0 Å². The third-order valence-electron chi connectivity index (χ3n) is 3.28. The van der Waals surface area contributed by atoms with Crippen molar-refractivity contribution in [2.45, 2.75) is 65.5 Å². The first-order valence-electron chi connectivity index (χ1n) is 6.18. The third-order valence-corrected chi connectivity index (χ3v) is 3.28. The maximum absolute atomic E-state index is 11.4. The predicted molar refractivity (Wildman–Crippen MR) is 65.3 cm³/mol. The summed E-state index contributed by atoms with van der Waals surface area (Å²) in [5.41, 5.74) is 0.0963. The van der Waals surface area contributed by atoms with Crippen LogP contribution in [-0.4, -0.2) is 24.2 Å². The molecule has 0 bridgehead atoms. The summed E-state index contributed by atoms with van der Waals surface area (Å²) in [6, 6.07) is 0.495. The van der Waals surface area contributed by atoms with E-state index in [1.807, 2.05) is 20.8 Å². The fourth-order valence-electron chi connectivity index (χ4n) is 1.66. The van der Waals surface area contributed by atoms with Crippen LogP contribution in [-0.2, 0) is 9.53 Å². The maximum atomic E-state index is 11.4. The Bertz CT molecular complexity index is 251. The van der Waals surface area contributed by atoms with Crippen molar-refractivity contribution in [2.24, 2.45) is 5.41 Å². The Labute approximate surface area is 98.9 Å². The topological polar surface area (TPSA) is 38.3 Å². The number of ether oxygens (including phenoxy) is 1. The van der Waals surface area contributed by atoms with Gasteiger partial charge < -0.3 is 10.1 Å². The lowest BCUT2D eigenvalue weighted by Gasteiger charge is -2.22. The lowest BCUT2D eigenvalue weighted by molar-refractivity contribution is -0.154. The highest BCUT2D eigenvalue weighted by molar-refractivity contribution is 5.70. The van der Waals surface area contributed by atoms with Gasteiger partial charge in [-0.15, -0.1) is 0 Å². The average molecular weight is 227 g/mol. The van der Waals surface area contributed by atoms with E-state index in [0.29, 0.717) is 24.4 Å². The molecule has 1 atom stereocenters. The molecule has 1 aliphatic rings. The van der Waals surface area contributed by atoms with Crippen LogP contribution in [0.2, 0.25) is 0 Å². The zero-order chi connectivity index (χ0) is 12.4. The Morgan fingerprint density at radius 2 is 2.00 bits per heavy atom. The number of hydrogen-bond acceptors (Lipinski definition) is 3. The zero-order valence-electron chi connectivity index (χ0n) is 11.2. The van der Waals surface area contributed by atoms with Crippen molar-refractivity contribution < 1.29 is 9.53 Å². The summed E-state index contributed by atoms with van der Waals surface area (Å²) in [4.78, 5) is 11.4. The van der Waals surface area contributed by atoms with Crippen LogP contribution >= 0.6 is 0 Å². The van der Waals surface area contributed by atoms with E-state index in [-0.39, 0.29) is 11.6 Å². The Morgan fingerprint density at radius 3 is 2.44 bits per heavy atom.